The maximum Gasteiger partial charge on any atom is 0.0543 e. The molecule has 382 valence electrons. The van der Waals surface area contributed by atoms with E-state index in [2.05, 4.69) is 297 Å². The molecule has 0 radical (unpaired) electrons. The summed E-state index contributed by atoms with van der Waals surface area (Å²) in [6.07, 6.45) is 0. The zero-order valence-corrected chi connectivity index (χ0v) is 46.8. The van der Waals surface area contributed by atoms with Gasteiger partial charge in [-0.2, -0.15) is 0 Å². The van der Waals surface area contributed by atoms with Crippen LogP contribution in [0.15, 0.2) is 218 Å². The van der Waals surface area contributed by atoms with E-state index in [9.17, 15) is 0 Å². The third-order valence-electron chi connectivity index (χ3n) is 16.6. The highest BCUT2D eigenvalue weighted by Crippen LogP contribution is 2.54. The minimum atomic E-state index is 0.236. The average Bonchev–Trinajstić information content (AvgIpc) is 3.65. The first-order chi connectivity index (χ1) is 37.9. The van der Waals surface area contributed by atoms with Gasteiger partial charge in [0.1, 0.15) is 0 Å². The van der Waals surface area contributed by atoms with Crippen LogP contribution in [0.2, 0.25) is 0 Å². The highest BCUT2D eigenvalue weighted by Gasteiger charge is 2.30. The van der Waals surface area contributed by atoms with Crippen molar-refractivity contribution in [2.75, 3.05) is 9.80 Å². The monoisotopic (exact) mass is 1010 g/mol. The third kappa shape index (κ3) is 8.61. The quantitative estimate of drug-likeness (QED) is 0.113. The summed E-state index contributed by atoms with van der Waals surface area (Å²) in [4.78, 5) is 5.26. The summed E-state index contributed by atoms with van der Waals surface area (Å²) in [7, 11) is 0. The summed E-state index contributed by atoms with van der Waals surface area (Å²) in [5.41, 5.74) is 26.9. The molecule has 12 aromatic carbocycles. The minimum Gasteiger partial charge on any atom is -0.309 e. The van der Waals surface area contributed by atoms with E-state index in [0.29, 0.717) is 0 Å². The lowest BCUT2D eigenvalue weighted by molar-refractivity contribution is 0.875. The van der Waals surface area contributed by atoms with Gasteiger partial charge in [0.2, 0.25) is 0 Å². The SMILES string of the molecule is Cc1ccc(-c2ccccc2)cc1N(c1c(C)ccc(-c2ccccc2)c1C)c1cc(C(C)C)c2ccc3c(N(c4cc(-c5ccccc5)ccc4C)c4c(C)ccc(-c5ccccc5)c4C)cc(C(C)C)c4ccc1c2c43. The van der Waals surface area contributed by atoms with Crippen molar-refractivity contribution in [1.82, 2.24) is 0 Å². The van der Waals surface area contributed by atoms with E-state index in [1.165, 1.54) is 155 Å². The largest absolute Gasteiger partial charge is 0.309 e. The molecule has 0 N–H and O–H groups in total. The second-order valence-electron chi connectivity index (χ2n) is 22.3. The number of aryl methyl sites for hydroxylation is 4. The van der Waals surface area contributed by atoms with Crippen LogP contribution in [0, 0.1) is 41.5 Å². The van der Waals surface area contributed by atoms with Crippen LogP contribution in [0.25, 0.3) is 76.8 Å². The third-order valence-corrected chi connectivity index (χ3v) is 16.6. The minimum absolute atomic E-state index is 0.236. The molecule has 2 heteroatoms. The van der Waals surface area contributed by atoms with Gasteiger partial charge < -0.3 is 9.80 Å². The molecule has 0 aromatic heterocycles. The van der Waals surface area contributed by atoms with Crippen molar-refractivity contribution in [2.24, 2.45) is 0 Å². The summed E-state index contributed by atoms with van der Waals surface area (Å²) >= 11 is 0. The maximum atomic E-state index is 2.63. The lowest BCUT2D eigenvalue weighted by atomic mass is 9.83. The smallest absolute Gasteiger partial charge is 0.0543 e. The Morgan fingerprint density at radius 2 is 0.590 bits per heavy atom. The molecule has 0 fully saturated rings. The molecule has 0 spiro atoms. The fourth-order valence-corrected chi connectivity index (χ4v) is 12.6. The van der Waals surface area contributed by atoms with Gasteiger partial charge in [-0.15, -0.1) is 0 Å². The van der Waals surface area contributed by atoms with Gasteiger partial charge in [-0.25, -0.2) is 0 Å². The van der Waals surface area contributed by atoms with Crippen LogP contribution < -0.4 is 9.80 Å². The summed E-state index contributed by atoms with van der Waals surface area (Å²) < 4.78 is 0. The molecule has 0 atom stereocenters. The van der Waals surface area contributed by atoms with Gasteiger partial charge in [0.25, 0.3) is 0 Å². The highest BCUT2D eigenvalue weighted by molar-refractivity contribution is 6.29. The fourth-order valence-electron chi connectivity index (χ4n) is 12.6. The topological polar surface area (TPSA) is 6.48 Å². The Hall–Kier alpha value is -8.72. The normalized spacial score (nSPS) is 11.7. The van der Waals surface area contributed by atoms with Crippen molar-refractivity contribution in [3.63, 3.8) is 0 Å². The van der Waals surface area contributed by atoms with Gasteiger partial charge in [-0.1, -0.05) is 222 Å². The lowest BCUT2D eigenvalue weighted by Crippen LogP contribution is -2.17. The molecular weight excluding hydrogens is 941 g/mol. The van der Waals surface area contributed by atoms with Crippen LogP contribution in [0.1, 0.15) is 84.0 Å². The fraction of sp³-hybridized carbons (Fsp3) is 0.158. The number of hydrogen-bond donors (Lipinski definition) is 0. The van der Waals surface area contributed by atoms with Crippen molar-refractivity contribution in [3.8, 4) is 44.5 Å². The Kier molecular flexibility index (Phi) is 13.1. The molecule has 0 bridgehead atoms. The Labute approximate surface area is 462 Å². The predicted molar refractivity (Wildman–Crippen MR) is 338 cm³/mol. The zero-order valence-electron chi connectivity index (χ0n) is 46.8. The second-order valence-corrected chi connectivity index (χ2v) is 22.3. The average molecular weight is 1010 g/mol. The van der Waals surface area contributed by atoms with Crippen LogP contribution in [0.5, 0.6) is 0 Å². The van der Waals surface area contributed by atoms with E-state index in [0.717, 1.165) is 0 Å². The molecule has 0 saturated heterocycles. The molecule has 0 unspecified atom stereocenters. The van der Waals surface area contributed by atoms with Gasteiger partial charge in [-0.05, 0) is 188 Å². The van der Waals surface area contributed by atoms with Gasteiger partial charge in [0.15, 0.2) is 0 Å². The molecule has 0 aliphatic carbocycles. The van der Waals surface area contributed by atoms with E-state index in [-0.39, 0.29) is 11.8 Å². The molecule has 0 amide bonds. The Balaban J connectivity index is 1.22. The van der Waals surface area contributed by atoms with Gasteiger partial charge in [-0.3, -0.25) is 0 Å². The second kappa shape index (κ2) is 20.3. The molecular formula is C76H68N2. The summed E-state index contributed by atoms with van der Waals surface area (Å²) in [6, 6.07) is 81.7. The standard InChI is InChI=1S/C76H68N2/c1-47(2)67-45-71(77(69-43-59(35-31-49(69)5)55-23-15-11-16-24-55)75-51(7)33-37-61(53(75)9)57-27-19-13-20-28-57)65-42-40-64-68(48(3)4)46-72(66-41-39-63(67)73(65)74(64)66)78(70-44-60(36-32-50(70)6)56-25-17-12-18-26-56)76-52(8)34-38-62(54(76)10)58-29-21-14-22-30-58/h11-48H,1-10H3. The molecule has 0 aliphatic rings. The van der Waals surface area contributed by atoms with E-state index in [1.807, 2.05) is 0 Å². The lowest BCUT2D eigenvalue weighted by Gasteiger charge is -2.35. The number of hydrogen-bond acceptors (Lipinski definition) is 2. The van der Waals surface area contributed by atoms with Crippen molar-refractivity contribution >= 4 is 66.4 Å². The zero-order chi connectivity index (χ0) is 53.9. The summed E-state index contributed by atoms with van der Waals surface area (Å²) in [5.74, 6) is 0.472. The predicted octanol–water partition coefficient (Wildman–Crippen LogP) is 22.3. The maximum absolute atomic E-state index is 2.63. The van der Waals surface area contributed by atoms with Crippen LogP contribution in [-0.2, 0) is 0 Å². The van der Waals surface area contributed by atoms with E-state index in [1.54, 1.807) is 0 Å². The number of nitrogens with zero attached hydrogens (tertiary/aromatic N) is 2. The van der Waals surface area contributed by atoms with E-state index >= 15 is 0 Å². The Morgan fingerprint density at radius 3 is 0.936 bits per heavy atom. The van der Waals surface area contributed by atoms with Crippen molar-refractivity contribution < 1.29 is 0 Å². The van der Waals surface area contributed by atoms with E-state index in [4.69, 9.17) is 0 Å². The Morgan fingerprint density at radius 1 is 0.269 bits per heavy atom. The number of anilines is 6. The van der Waals surface area contributed by atoms with Crippen molar-refractivity contribution in [1.29, 1.82) is 0 Å². The van der Waals surface area contributed by atoms with Gasteiger partial charge in [0, 0.05) is 22.1 Å². The van der Waals surface area contributed by atoms with Gasteiger partial charge in [0.05, 0.1) is 22.7 Å². The summed E-state index contributed by atoms with van der Waals surface area (Å²) in [5, 5.41) is 7.71. The van der Waals surface area contributed by atoms with Crippen LogP contribution >= 0.6 is 0 Å². The molecule has 78 heavy (non-hydrogen) atoms. The Bertz CT molecular complexity index is 3920. The van der Waals surface area contributed by atoms with Crippen molar-refractivity contribution in [3.05, 3.63) is 263 Å². The molecule has 0 heterocycles. The van der Waals surface area contributed by atoms with Crippen LogP contribution in [0.4, 0.5) is 34.1 Å². The molecule has 0 aliphatic heterocycles. The van der Waals surface area contributed by atoms with Crippen molar-refractivity contribution in [2.45, 2.75) is 81.1 Å². The molecule has 12 aromatic rings. The summed E-state index contributed by atoms with van der Waals surface area (Å²) in [6.45, 7) is 23.3. The first kappa shape index (κ1) is 50.1. The molecule has 12 rings (SSSR count). The molecule has 0 saturated carbocycles. The molecule has 2 nitrogen and oxygen atoms in total. The highest BCUT2D eigenvalue weighted by atomic mass is 15.2. The number of benzene rings is 12. The first-order valence-corrected chi connectivity index (χ1v) is 27.9. The first-order valence-electron chi connectivity index (χ1n) is 27.9. The van der Waals surface area contributed by atoms with E-state index < -0.39 is 0 Å². The number of rotatable bonds is 12. The van der Waals surface area contributed by atoms with Crippen LogP contribution in [0.3, 0.4) is 0 Å². The van der Waals surface area contributed by atoms with Gasteiger partial charge >= 0.3 is 0 Å². The van der Waals surface area contributed by atoms with Crippen LogP contribution in [-0.4, -0.2) is 0 Å².